The third-order valence-corrected chi connectivity index (χ3v) is 7.84. The van der Waals surface area contributed by atoms with E-state index in [1.54, 1.807) is 28.6 Å². The van der Waals surface area contributed by atoms with Crippen LogP contribution in [0.1, 0.15) is 54.3 Å². The predicted octanol–water partition coefficient (Wildman–Crippen LogP) is 5.12. The molecule has 0 atom stereocenters. The Balaban J connectivity index is 1.52. The Morgan fingerprint density at radius 2 is 1.71 bits per heavy atom. The van der Waals surface area contributed by atoms with Gasteiger partial charge in [0.25, 0.3) is 5.91 Å². The quantitative estimate of drug-likeness (QED) is 0.597. The molecule has 0 radical (unpaired) electrons. The highest BCUT2D eigenvalue weighted by atomic mass is 32.2. The Labute approximate surface area is 183 Å². The molecular weight excluding hydrogens is 412 g/mol. The van der Waals surface area contributed by atoms with E-state index in [-0.39, 0.29) is 16.6 Å². The predicted molar refractivity (Wildman–Crippen MR) is 122 cm³/mol. The first-order valence-corrected chi connectivity index (χ1v) is 12.3. The number of hydrogen-bond donors (Lipinski definition) is 1. The van der Waals surface area contributed by atoms with Crippen molar-refractivity contribution < 1.29 is 17.6 Å². The number of anilines is 1. The molecule has 1 N–H and O–H groups in total. The van der Waals surface area contributed by atoms with Crippen LogP contribution in [0, 0.1) is 6.92 Å². The number of carbonyl (C=O) groups is 1. The molecule has 6 nitrogen and oxygen atoms in total. The Hall–Kier alpha value is -2.64. The molecule has 1 aliphatic rings. The van der Waals surface area contributed by atoms with Crippen molar-refractivity contribution in [3.63, 3.8) is 0 Å². The number of amides is 1. The lowest BCUT2D eigenvalue weighted by atomic mass is 10.1. The van der Waals surface area contributed by atoms with Crippen molar-refractivity contribution in [2.24, 2.45) is 0 Å². The molecule has 1 fully saturated rings. The average Bonchev–Trinajstić information content (AvgIpc) is 2.94. The molecule has 1 saturated heterocycles. The summed E-state index contributed by atoms with van der Waals surface area (Å²) < 4.78 is 33.2. The van der Waals surface area contributed by atoms with E-state index in [2.05, 4.69) is 12.2 Å². The molecule has 31 heavy (non-hydrogen) atoms. The van der Waals surface area contributed by atoms with Gasteiger partial charge in [-0.05, 0) is 68.1 Å². The summed E-state index contributed by atoms with van der Waals surface area (Å²) in [5.74, 6) is -0.0839. The molecule has 1 aliphatic heterocycles. The van der Waals surface area contributed by atoms with Crippen LogP contribution in [0.4, 0.5) is 5.69 Å². The van der Waals surface area contributed by atoms with Gasteiger partial charge in [-0.25, -0.2) is 8.42 Å². The molecule has 2 heterocycles. The van der Waals surface area contributed by atoms with E-state index in [4.69, 9.17) is 4.42 Å². The standard InChI is InChI=1S/C24H28N2O4S/c1-3-18-8-13-22-21(16-18)17(2)23(30-22)24(27)25-19-9-11-20(12-10-19)31(28,29)26-14-6-4-5-7-15-26/h8-13,16H,3-7,14-15H2,1-2H3,(H,25,27). The number of rotatable bonds is 5. The van der Waals surface area contributed by atoms with E-state index in [1.807, 2.05) is 25.1 Å². The zero-order valence-electron chi connectivity index (χ0n) is 18.0. The third kappa shape index (κ3) is 4.38. The second-order valence-electron chi connectivity index (χ2n) is 8.04. The van der Waals surface area contributed by atoms with Crippen LogP contribution in [0.3, 0.4) is 0 Å². The van der Waals surface area contributed by atoms with Gasteiger partial charge in [-0.1, -0.05) is 25.8 Å². The maximum atomic E-state index is 12.9. The summed E-state index contributed by atoms with van der Waals surface area (Å²) in [6.07, 6.45) is 4.83. The van der Waals surface area contributed by atoms with Crippen LogP contribution in [0.2, 0.25) is 0 Å². The number of aryl methyl sites for hydroxylation is 2. The molecular formula is C24H28N2O4S. The SMILES string of the molecule is CCc1ccc2oc(C(=O)Nc3ccc(S(=O)(=O)N4CCCCCC4)cc3)c(C)c2c1. The number of hydrogen-bond acceptors (Lipinski definition) is 4. The van der Waals surface area contributed by atoms with Crippen LogP contribution >= 0.6 is 0 Å². The molecule has 7 heteroatoms. The van der Waals surface area contributed by atoms with Gasteiger partial charge in [-0.15, -0.1) is 0 Å². The molecule has 4 rings (SSSR count). The largest absolute Gasteiger partial charge is 0.451 e. The lowest BCUT2D eigenvalue weighted by Crippen LogP contribution is -2.31. The summed E-state index contributed by atoms with van der Waals surface area (Å²) in [5, 5.41) is 3.75. The van der Waals surface area contributed by atoms with Crippen molar-refractivity contribution in [2.45, 2.75) is 50.8 Å². The Morgan fingerprint density at radius 3 is 2.35 bits per heavy atom. The summed E-state index contributed by atoms with van der Waals surface area (Å²) in [7, 11) is -3.51. The number of fused-ring (bicyclic) bond motifs is 1. The first-order valence-electron chi connectivity index (χ1n) is 10.8. The fourth-order valence-corrected chi connectivity index (χ4v) is 5.55. The van der Waals surface area contributed by atoms with E-state index in [9.17, 15) is 13.2 Å². The Morgan fingerprint density at radius 1 is 1.03 bits per heavy atom. The van der Waals surface area contributed by atoms with Gasteiger partial charge in [0.15, 0.2) is 5.76 Å². The van der Waals surface area contributed by atoms with Crippen molar-refractivity contribution in [3.8, 4) is 0 Å². The molecule has 1 amide bonds. The normalized spacial score (nSPS) is 15.7. The maximum absolute atomic E-state index is 12.9. The monoisotopic (exact) mass is 440 g/mol. The second-order valence-corrected chi connectivity index (χ2v) is 9.97. The van der Waals surface area contributed by atoms with Crippen LogP contribution in [0.15, 0.2) is 51.8 Å². The van der Waals surface area contributed by atoms with Gasteiger partial charge >= 0.3 is 0 Å². The van der Waals surface area contributed by atoms with Gasteiger partial charge in [0, 0.05) is 29.7 Å². The number of carbonyl (C=O) groups excluding carboxylic acids is 1. The van der Waals surface area contributed by atoms with Crippen LogP contribution in [-0.4, -0.2) is 31.7 Å². The van der Waals surface area contributed by atoms with Gasteiger partial charge in [-0.2, -0.15) is 4.31 Å². The number of benzene rings is 2. The van der Waals surface area contributed by atoms with E-state index < -0.39 is 10.0 Å². The van der Waals surface area contributed by atoms with E-state index in [1.165, 1.54) is 5.56 Å². The molecule has 1 aromatic heterocycles. The van der Waals surface area contributed by atoms with Gasteiger partial charge < -0.3 is 9.73 Å². The van der Waals surface area contributed by atoms with Crippen LogP contribution in [0.25, 0.3) is 11.0 Å². The topological polar surface area (TPSA) is 79.6 Å². The van der Waals surface area contributed by atoms with E-state index >= 15 is 0 Å². The number of nitrogens with zero attached hydrogens (tertiary/aromatic N) is 1. The summed E-state index contributed by atoms with van der Waals surface area (Å²) in [4.78, 5) is 13.0. The zero-order valence-corrected chi connectivity index (χ0v) is 18.8. The maximum Gasteiger partial charge on any atom is 0.291 e. The van der Waals surface area contributed by atoms with E-state index in [0.29, 0.717) is 24.4 Å². The minimum absolute atomic E-state index is 0.249. The lowest BCUT2D eigenvalue weighted by molar-refractivity contribution is 0.0998. The van der Waals surface area contributed by atoms with Crippen molar-refractivity contribution in [3.05, 3.63) is 59.4 Å². The highest BCUT2D eigenvalue weighted by Crippen LogP contribution is 2.28. The molecule has 164 valence electrons. The van der Waals surface area contributed by atoms with Crippen molar-refractivity contribution in [1.82, 2.24) is 4.31 Å². The molecule has 0 saturated carbocycles. The average molecular weight is 441 g/mol. The molecule has 0 bridgehead atoms. The molecule has 3 aromatic rings. The number of sulfonamides is 1. The van der Waals surface area contributed by atoms with Gasteiger partial charge in [0.05, 0.1) is 4.90 Å². The summed E-state index contributed by atoms with van der Waals surface area (Å²) in [5.41, 5.74) is 3.18. The van der Waals surface area contributed by atoms with Crippen molar-refractivity contribution in [2.75, 3.05) is 18.4 Å². The number of nitrogens with one attached hydrogen (secondary N) is 1. The minimum Gasteiger partial charge on any atom is -0.451 e. The van der Waals surface area contributed by atoms with Crippen LogP contribution < -0.4 is 5.32 Å². The summed E-state index contributed by atoms with van der Waals surface area (Å²) in [6.45, 7) is 5.08. The summed E-state index contributed by atoms with van der Waals surface area (Å²) >= 11 is 0. The van der Waals surface area contributed by atoms with Gasteiger partial charge in [0.1, 0.15) is 5.58 Å². The highest BCUT2D eigenvalue weighted by molar-refractivity contribution is 7.89. The fraction of sp³-hybridized carbons (Fsp3) is 0.375. The lowest BCUT2D eigenvalue weighted by Gasteiger charge is -2.20. The molecule has 2 aromatic carbocycles. The zero-order chi connectivity index (χ0) is 22.0. The molecule has 0 spiro atoms. The third-order valence-electron chi connectivity index (χ3n) is 5.93. The van der Waals surface area contributed by atoms with Crippen LogP contribution in [-0.2, 0) is 16.4 Å². The van der Waals surface area contributed by atoms with Gasteiger partial charge in [-0.3, -0.25) is 4.79 Å². The smallest absolute Gasteiger partial charge is 0.291 e. The van der Waals surface area contributed by atoms with Gasteiger partial charge in [0.2, 0.25) is 10.0 Å². The first-order chi connectivity index (χ1) is 14.9. The van der Waals surface area contributed by atoms with Crippen molar-refractivity contribution in [1.29, 1.82) is 0 Å². The highest BCUT2D eigenvalue weighted by Gasteiger charge is 2.25. The first kappa shape index (κ1) is 21.6. The Kier molecular flexibility index (Phi) is 6.16. The molecule has 0 aliphatic carbocycles. The number of furan rings is 1. The van der Waals surface area contributed by atoms with Crippen molar-refractivity contribution >= 4 is 32.6 Å². The van der Waals surface area contributed by atoms with Crippen LogP contribution in [0.5, 0.6) is 0 Å². The van der Waals surface area contributed by atoms with E-state index in [0.717, 1.165) is 43.1 Å². The fourth-order valence-electron chi connectivity index (χ4n) is 4.03. The summed E-state index contributed by atoms with van der Waals surface area (Å²) in [6, 6.07) is 12.3. The second kappa shape index (κ2) is 8.85. The minimum atomic E-state index is -3.51. The molecule has 0 unspecified atom stereocenters. The Bertz CT molecular complexity index is 1190.